The molecule has 0 aliphatic heterocycles. The van der Waals surface area contributed by atoms with Crippen LogP contribution in [0.4, 0.5) is 4.39 Å². The van der Waals surface area contributed by atoms with Crippen LogP contribution in [-0.2, 0) is 11.2 Å². The van der Waals surface area contributed by atoms with Gasteiger partial charge in [-0.25, -0.2) is 4.39 Å². The highest BCUT2D eigenvalue weighted by molar-refractivity contribution is 9.10. The van der Waals surface area contributed by atoms with E-state index < -0.39 is 5.41 Å². The van der Waals surface area contributed by atoms with Gasteiger partial charge >= 0.3 is 0 Å². The number of halogens is 2. The Hall–Kier alpha value is -1.21. The molecule has 0 saturated carbocycles. The molecule has 0 radical (unpaired) electrons. The van der Waals surface area contributed by atoms with E-state index in [2.05, 4.69) is 15.9 Å². The zero-order valence-electron chi connectivity index (χ0n) is 9.05. The van der Waals surface area contributed by atoms with Crippen molar-refractivity contribution in [1.82, 2.24) is 0 Å². The van der Waals surface area contributed by atoms with E-state index in [9.17, 15) is 9.18 Å². The SMILES string of the molecule is CC(=O)C(C)(C#N)Cc1ccc(F)c(Br)c1. The van der Waals surface area contributed by atoms with Crippen molar-refractivity contribution < 1.29 is 9.18 Å². The Kier molecular flexibility index (Phi) is 3.82. The van der Waals surface area contributed by atoms with Gasteiger partial charge in [0.1, 0.15) is 17.0 Å². The van der Waals surface area contributed by atoms with Crippen molar-refractivity contribution in [2.75, 3.05) is 0 Å². The van der Waals surface area contributed by atoms with Crippen LogP contribution < -0.4 is 0 Å². The van der Waals surface area contributed by atoms with E-state index in [-0.39, 0.29) is 18.0 Å². The monoisotopic (exact) mass is 283 g/mol. The molecule has 0 spiro atoms. The lowest BCUT2D eigenvalue weighted by atomic mass is 9.82. The Bertz CT molecular complexity index is 467. The first-order valence-electron chi connectivity index (χ1n) is 4.75. The fourth-order valence-electron chi connectivity index (χ4n) is 1.30. The molecular weight excluding hydrogens is 273 g/mol. The van der Waals surface area contributed by atoms with Gasteiger partial charge in [-0.1, -0.05) is 6.07 Å². The van der Waals surface area contributed by atoms with Crippen LogP contribution in [0.1, 0.15) is 19.4 Å². The standard InChI is InChI=1S/C12H11BrFNO/c1-8(16)12(2,7-15)6-9-3-4-11(14)10(13)5-9/h3-5H,6H2,1-2H3. The lowest BCUT2D eigenvalue weighted by Crippen LogP contribution is -2.26. The van der Waals surface area contributed by atoms with E-state index >= 15 is 0 Å². The highest BCUT2D eigenvalue weighted by Gasteiger charge is 2.30. The number of carbonyl (C=O) groups excluding carboxylic acids is 1. The molecule has 0 aliphatic rings. The first-order valence-corrected chi connectivity index (χ1v) is 5.54. The van der Waals surface area contributed by atoms with Gasteiger partial charge in [0.15, 0.2) is 0 Å². The highest BCUT2D eigenvalue weighted by atomic mass is 79.9. The summed E-state index contributed by atoms with van der Waals surface area (Å²) < 4.78 is 13.3. The molecule has 84 valence electrons. The van der Waals surface area contributed by atoms with E-state index in [0.717, 1.165) is 5.56 Å². The minimum atomic E-state index is -1.04. The van der Waals surface area contributed by atoms with Gasteiger partial charge in [0, 0.05) is 0 Å². The Labute approximate surface area is 102 Å². The average molecular weight is 284 g/mol. The normalized spacial score (nSPS) is 13.9. The summed E-state index contributed by atoms with van der Waals surface area (Å²) in [7, 11) is 0. The van der Waals surface area contributed by atoms with Crippen LogP contribution in [0.25, 0.3) is 0 Å². The molecule has 0 saturated heterocycles. The van der Waals surface area contributed by atoms with Crippen LogP contribution in [0.5, 0.6) is 0 Å². The first-order chi connectivity index (χ1) is 7.39. The Balaban J connectivity index is 3.01. The van der Waals surface area contributed by atoms with Crippen molar-refractivity contribution in [3.8, 4) is 6.07 Å². The first kappa shape index (κ1) is 12.9. The van der Waals surface area contributed by atoms with Gasteiger partial charge in [0.2, 0.25) is 0 Å². The molecule has 1 rings (SSSR count). The number of rotatable bonds is 3. The van der Waals surface area contributed by atoms with E-state index in [1.54, 1.807) is 19.1 Å². The fraction of sp³-hybridized carbons (Fsp3) is 0.333. The lowest BCUT2D eigenvalue weighted by Gasteiger charge is -2.17. The molecular formula is C12H11BrFNO. The fourth-order valence-corrected chi connectivity index (χ4v) is 1.73. The van der Waals surface area contributed by atoms with Gasteiger partial charge in [-0.15, -0.1) is 0 Å². The predicted molar refractivity (Wildman–Crippen MR) is 62.2 cm³/mol. The number of benzene rings is 1. The van der Waals surface area contributed by atoms with Gasteiger partial charge in [0.05, 0.1) is 10.5 Å². The summed E-state index contributed by atoms with van der Waals surface area (Å²) >= 11 is 3.07. The second kappa shape index (κ2) is 4.75. The molecule has 1 atom stereocenters. The Morgan fingerprint density at radius 2 is 2.25 bits per heavy atom. The smallest absolute Gasteiger partial charge is 0.150 e. The average Bonchev–Trinajstić information content (AvgIpc) is 2.23. The predicted octanol–water partition coefficient (Wildman–Crippen LogP) is 3.25. The second-order valence-electron chi connectivity index (χ2n) is 3.93. The third kappa shape index (κ3) is 2.67. The van der Waals surface area contributed by atoms with Crippen LogP contribution in [0.2, 0.25) is 0 Å². The van der Waals surface area contributed by atoms with Crippen LogP contribution in [0.3, 0.4) is 0 Å². The van der Waals surface area contributed by atoms with E-state index in [1.165, 1.54) is 13.0 Å². The molecule has 0 bridgehead atoms. The number of nitriles is 1. The molecule has 2 nitrogen and oxygen atoms in total. The van der Waals surface area contributed by atoms with Gasteiger partial charge < -0.3 is 0 Å². The number of nitrogens with zero attached hydrogens (tertiary/aromatic N) is 1. The summed E-state index contributed by atoms with van der Waals surface area (Å²) in [6.07, 6.45) is 0.289. The summed E-state index contributed by atoms with van der Waals surface area (Å²) in [5, 5.41) is 8.98. The summed E-state index contributed by atoms with van der Waals surface area (Å²) in [5.41, 5.74) is -0.287. The van der Waals surface area contributed by atoms with Gasteiger partial charge in [-0.05, 0) is 53.9 Å². The lowest BCUT2D eigenvalue weighted by molar-refractivity contribution is -0.123. The maximum Gasteiger partial charge on any atom is 0.150 e. The van der Waals surface area contributed by atoms with Gasteiger partial charge in [-0.2, -0.15) is 5.26 Å². The molecule has 1 aromatic rings. The maximum absolute atomic E-state index is 13.0. The number of hydrogen-bond acceptors (Lipinski definition) is 2. The molecule has 16 heavy (non-hydrogen) atoms. The Morgan fingerprint density at radius 1 is 1.62 bits per heavy atom. The quantitative estimate of drug-likeness (QED) is 0.854. The van der Waals surface area contributed by atoms with Crippen molar-refractivity contribution in [3.05, 3.63) is 34.1 Å². The highest BCUT2D eigenvalue weighted by Crippen LogP contribution is 2.25. The molecule has 0 heterocycles. The number of hydrogen-bond donors (Lipinski definition) is 0. The molecule has 0 fully saturated rings. The maximum atomic E-state index is 13.0. The minimum absolute atomic E-state index is 0.185. The van der Waals surface area contributed by atoms with Crippen molar-refractivity contribution in [1.29, 1.82) is 5.26 Å². The molecule has 0 aromatic heterocycles. The second-order valence-corrected chi connectivity index (χ2v) is 4.78. The van der Waals surface area contributed by atoms with E-state index in [0.29, 0.717) is 4.47 Å². The molecule has 0 aliphatic carbocycles. The molecule has 1 unspecified atom stereocenters. The number of carbonyl (C=O) groups is 1. The summed E-state index contributed by atoms with van der Waals surface area (Å²) in [6, 6.07) is 6.49. The van der Waals surface area contributed by atoms with Crippen LogP contribution in [0.15, 0.2) is 22.7 Å². The molecule has 0 N–H and O–H groups in total. The van der Waals surface area contributed by atoms with Crippen molar-refractivity contribution in [2.45, 2.75) is 20.3 Å². The summed E-state index contributed by atoms with van der Waals surface area (Å²) in [5.74, 6) is -0.541. The molecule has 1 aromatic carbocycles. The third-order valence-electron chi connectivity index (χ3n) is 2.57. The summed E-state index contributed by atoms with van der Waals surface area (Å²) in [6.45, 7) is 2.98. The van der Waals surface area contributed by atoms with Crippen LogP contribution in [-0.4, -0.2) is 5.78 Å². The topological polar surface area (TPSA) is 40.9 Å². The van der Waals surface area contributed by atoms with Crippen molar-refractivity contribution in [2.24, 2.45) is 5.41 Å². The van der Waals surface area contributed by atoms with Crippen molar-refractivity contribution >= 4 is 21.7 Å². The largest absolute Gasteiger partial charge is 0.298 e. The summed E-state index contributed by atoms with van der Waals surface area (Å²) in [4.78, 5) is 11.3. The zero-order valence-corrected chi connectivity index (χ0v) is 10.6. The van der Waals surface area contributed by atoms with Crippen LogP contribution in [0, 0.1) is 22.6 Å². The third-order valence-corrected chi connectivity index (χ3v) is 3.17. The molecule has 0 amide bonds. The van der Waals surface area contributed by atoms with Crippen molar-refractivity contribution in [3.63, 3.8) is 0 Å². The number of Topliss-reactive ketones (excluding diaryl/α,β-unsaturated/α-hetero) is 1. The minimum Gasteiger partial charge on any atom is -0.298 e. The van der Waals surface area contributed by atoms with Crippen LogP contribution >= 0.6 is 15.9 Å². The van der Waals surface area contributed by atoms with Gasteiger partial charge in [0.25, 0.3) is 0 Å². The van der Waals surface area contributed by atoms with Gasteiger partial charge in [-0.3, -0.25) is 4.79 Å². The van der Waals surface area contributed by atoms with E-state index in [1.807, 2.05) is 6.07 Å². The zero-order chi connectivity index (χ0) is 12.3. The molecule has 4 heteroatoms. The Morgan fingerprint density at radius 3 is 2.69 bits per heavy atom. The van der Waals surface area contributed by atoms with E-state index in [4.69, 9.17) is 5.26 Å². The number of ketones is 1.